The van der Waals surface area contributed by atoms with E-state index in [9.17, 15) is 0 Å². The smallest absolute Gasteiger partial charge is 0.135 e. The predicted molar refractivity (Wildman–Crippen MR) is 120 cm³/mol. The van der Waals surface area contributed by atoms with Gasteiger partial charge in [-0.1, -0.05) is 56.3 Å². The van der Waals surface area contributed by atoms with Gasteiger partial charge in [-0.3, -0.25) is 4.98 Å². The summed E-state index contributed by atoms with van der Waals surface area (Å²) in [6, 6.07) is 27.7. The lowest BCUT2D eigenvalue weighted by Crippen LogP contribution is -2.18. The first-order chi connectivity index (χ1) is 14.0. The van der Waals surface area contributed by atoms with Crippen molar-refractivity contribution in [1.29, 1.82) is 0 Å². The molecule has 0 radical (unpaired) electrons. The second-order valence-electron chi connectivity index (χ2n) is 8.23. The molecule has 0 spiro atoms. The Morgan fingerprint density at radius 3 is 2.34 bits per heavy atom. The van der Waals surface area contributed by atoms with Crippen molar-refractivity contribution >= 4 is 21.9 Å². The number of nitrogens with zero attached hydrogens (tertiary/aromatic N) is 1. The van der Waals surface area contributed by atoms with Crippen LogP contribution in [-0.2, 0) is 5.41 Å². The molecule has 2 heteroatoms. The minimum atomic E-state index is -0.0922. The summed E-state index contributed by atoms with van der Waals surface area (Å²) in [5.74, 6) is 0. The van der Waals surface area contributed by atoms with Crippen LogP contribution < -0.4 is 0 Å². The molecule has 2 nitrogen and oxygen atoms in total. The molecule has 0 fully saturated rings. The molecular formula is C27H23NO. The third-order valence-electron chi connectivity index (χ3n) is 5.90. The molecule has 0 aliphatic carbocycles. The van der Waals surface area contributed by atoms with Gasteiger partial charge < -0.3 is 4.42 Å². The highest BCUT2D eigenvalue weighted by Crippen LogP contribution is 2.37. The molecule has 0 N–H and O–H groups in total. The second-order valence-corrected chi connectivity index (χ2v) is 8.23. The van der Waals surface area contributed by atoms with Crippen molar-refractivity contribution in [2.75, 3.05) is 0 Å². The maximum atomic E-state index is 6.22. The molecule has 5 aromatic rings. The number of hydrogen-bond acceptors (Lipinski definition) is 2. The molecule has 2 aromatic heterocycles. The van der Waals surface area contributed by atoms with Crippen LogP contribution in [0.5, 0.6) is 0 Å². The van der Waals surface area contributed by atoms with Crippen LogP contribution in [0.1, 0.15) is 30.5 Å². The predicted octanol–water partition coefficient (Wildman–Crippen LogP) is 7.28. The molecule has 0 aliphatic rings. The van der Waals surface area contributed by atoms with Crippen molar-refractivity contribution in [1.82, 2.24) is 4.98 Å². The standard InChI is InChI=1S/C27H23NO/c1-18-13-14-28-24(15-18)19-9-12-25-23(16-19)22-11-10-21(17-26(22)29-25)27(2,3)20-7-5-4-6-8-20/h4-17H,1-3H3. The molecule has 0 saturated heterocycles. The molecule has 29 heavy (non-hydrogen) atoms. The second kappa shape index (κ2) is 6.59. The molecule has 0 amide bonds. The van der Waals surface area contributed by atoms with E-state index in [1.165, 1.54) is 16.7 Å². The minimum absolute atomic E-state index is 0.0922. The number of pyridine rings is 1. The van der Waals surface area contributed by atoms with Crippen molar-refractivity contribution in [3.63, 3.8) is 0 Å². The Kier molecular flexibility index (Phi) is 4.02. The Labute approximate surface area is 170 Å². The number of furan rings is 1. The van der Waals surface area contributed by atoms with Gasteiger partial charge in [-0.25, -0.2) is 0 Å². The first-order valence-electron chi connectivity index (χ1n) is 9.98. The zero-order valence-corrected chi connectivity index (χ0v) is 16.9. The largest absolute Gasteiger partial charge is 0.456 e. The Balaban J connectivity index is 1.63. The fraction of sp³-hybridized carbons (Fsp3) is 0.148. The molecule has 0 bridgehead atoms. The van der Waals surface area contributed by atoms with Gasteiger partial charge in [0.15, 0.2) is 0 Å². The lowest BCUT2D eigenvalue weighted by molar-refractivity contribution is 0.633. The van der Waals surface area contributed by atoms with Gasteiger partial charge in [0.05, 0.1) is 5.69 Å². The summed E-state index contributed by atoms with van der Waals surface area (Å²) in [4.78, 5) is 4.53. The average molecular weight is 377 g/mol. The van der Waals surface area contributed by atoms with Crippen LogP contribution in [0.15, 0.2) is 89.5 Å². The van der Waals surface area contributed by atoms with E-state index in [0.717, 1.165) is 33.2 Å². The summed E-state index contributed by atoms with van der Waals surface area (Å²) in [6.07, 6.45) is 1.86. The van der Waals surface area contributed by atoms with E-state index in [0.29, 0.717) is 0 Å². The highest BCUT2D eigenvalue weighted by molar-refractivity contribution is 6.06. The number of aromatic nitrogens is 1. The fourth-order valence-electron chi connectivity index (χ4n) is 4.04. The third kappa shape index (κ3) is 3.01. The quantitative estimate of drug-likeness (QED) is 0.330. The SMILES string of the molecule is Cc1ccnc(-c2ccc3oc4cc(C(C)(C)c5ccccc5)ccc4c3c2)c1. The molecular weight excluding hydrogens is 354 g/mol. The fourth-order valence-corrected chi connectivity index (χ4v) is 4.04. The molecule has 3 aromatic carbocycles. The van der Waals surface area contributed by atoms with E-state index in [4.69, 9.17) is 4.42 Å². The maximum Gasteiger partial charge on any atom is 0.135 e. The van der Waals surface area contributed by atoms with Crippen LogP contribution in [0.25, 0.3) is 33.2 Å². The number of aryl methyl sites for hydroxylation is 1. The van der Waals surface area contributed by atoms with E-state index in [1.807, 2.05) is 12.3 Å². The van der Waals surface area contributed by atoms with Crippen molar-refractivity contribution in [3.8, 4) is 11.3 Å². The molecule has 5 rings (SSSR count). The van der Waals surface area contributed by atoms with Crippen LogP contribution in [0.3, 0.4) is 0 Å². The van der Waals surface area contributed by atoms with E-state index in [-0.39, 0.29) is 5.41 Å². The van der Waals surface area contributed by atoms with Crippen LogP contribution >= 0.6 is 0 Å². The van der Waals surface area contributed by atoms with E-state index in [1.54, 1.807) is 0 Å². The van der Waals surface area contributed by atoms with Crippen LogP contribution in [0.2, 0.25) is 0 Å². The first kappa shape index (κ1) is 17.7. The van der Waals surface area contributed by atoms with Gasteiger partial charge in [-0.15, -0.1) is 0 Å². The molecule has 2 heterocycles. The highest BCUT2D eigenvalue weighted by atomic mass is 16.3. The summed E-state index contributed by atoms with van der Waals surface area (Å²) in [5, 5.41) is 2.27. The van der Waals surface area contributed by atoms with Gasteiger partial charge in [0, 0.05) is 27.9 Å². The Hall–Kier alpha value is -3.39. The first-order valence-corrected chi connectivity index (χ1v) is 9.98. The lowest BCUT2D eigenvalue weighted by Gasteiger charge is -2.26. The maximum absolute atomic E-state index is 6.22. The minimum Gasteiger partial charge on any atom is -0.456 e. The summed E-state index contributed by atoms with van der Waals surface area (Å²) >= 11 is 0. The normalized spacial score (nSPS) is 12.0. The number of rotatable bonds is 3. The van der Waals surface area contributed by atoms with Crippen molar-refractivity contribution < 1.29 is 4.42 Å². The molecule has 0 saturated carbocycles. The van der Waals surface area contributed by atoms with Crippen molar-refractivity contribution in [3.05, 3.63) is 102 Å². The zero-order chi connectivity index (χ0) is 20.0. The molecule has 0 unspecified atom stereocenters. The van der Waals surface area contributed by atoms with Gasteiger partial charge >= 0.3 is 0 Å². The Morgan fingerprint density at radius 1 is 0.724 bits per heavy atom. The number of hydrogen-bond donors (Lipinski definition) is 0. The Bertz CT molecular complexity index is 1330. The monoisotopic (exact) mass is 377 g/mol. The number of benzene rings is 3. The molecule has 0 aliphatic heterocycles. The molecule has 142 valence electrons. The van der Waals surface area contributed by atoms with Crippen LogP contribution in [-0.4, -0.2) is 4.98 Å². The van der Waals surface area contributed by atoms with Gasteiger partial charge in [0.25, 0.3) is 0 Å². The molecule has 0 atom stereocenters. The summed E-state index contributed by atoms with van der Waals surface area (Å²) in [7, 11) is 0. The van der Waals surface area contributed by atoms with E-state index >= 15 is 0 Å². The van der Waals surface area contributed by atoms with Crippen molar-refractivity contribution in [2.45, 2.75) is 26.2 Å². The van der Waals surface area contributed by atoms with Crippen LogP contribution in [0.4, 0.5) is 0 Å². The summed E-state index contributed by atoms with van der Waals surface area (Å²) in [6.45, 7) is 6.61. The van der Waals surface area contributed by atoms with Gasteiger partial charge in [0.1, 0.15) is 11.2 Å². The van der Waals surface area contributed by atoms with Crippen molar-refractivity contribution in [2.24, 2.45) is 0 Å². The van der Waals surface area contributed by atoms with Gasteiger partial charge in [0.2, 0.25) is 0 Å². The van der Waals surface area contributed by atoms with E-state index < -0.39 is 0 Å². The summed E-state index contributed by atoms with van der Waals surface area (Å²) in [5.41, 5.74) is 7.59. The summed E-state index contributed by atoms with van der Waals surface area (Å²) < 4.78 is 6.22. The van der Waals surface area contributed by atoms with Crippen LogP contribution in [0, 0.1) is 6.92 Å². The average Bonchev–Trinajstić information content (AvgIpc) is 3.11. The van der Waals surface area contributed by atoms with E-state index in [2.05, 4.69) is 98.6 Å². The van der Waals surface area contributed by atoms with Gasteiger partial charge in [-0.05, 0) is 60.0 Å². The topological polar surface area (TPSA) is 26.0 Å². The number of fused-ring (bicyclic) bond motifs is 3. The highest BCUT2D eigenvalue weighted by Gasteiger charge is 2.24. The zero-order valence-electron chi connectivity index (χ0n) is 16.9. The lowest BCUT2D eigenvalue weighted by atomic mass is 9.78. The van der Waals surface area contributed by atoms with Gasteiger partial charge in [-0.2, -0.15) is 0 Å². The Morgan fingerprint density at radius 2 is 1.55 bits per heavy atom. The third-order valence-corrected chi connectivity index (χ3v) is 5.90.